The Balaban J connectivity index is 0.744. The minimum Gasteiger partial charge on any atom is -0.309 e. The van der Waals surface area contributed by atoms with Gasteiger partial charge < -0.3 is 27.4 Å². The smallest absolute Gasteiger partial charge is 0.172 e. The molecule has 7 heterocycles. The van der Waals surface area contributed by atoms with Crippen molar-refractivity contribution in [2.45, 2.75) is 0 Å². The summed E-state index contributed by atoms with van der Waals surface area (Å²) in [6.45, 7) is 0. The molecule has 0 radical (unpaired) electrons. The molecule has 19 aromatic rings. The Morgan fingerprint density at radius 2 is 0.467 bits per heavy atom. The molecular weight excluding hydrogens is 1340 g/mol. The molecule has 0 saturated heterocycles. The standard InChI is InChI=1S/C93H57N6O3P3/c100-103(64-31-4-1-5-32-64)85-46-19-13-40-70(85)76-52-73-67-37-10-16-43-79(67)97(82(73)55-88(76)103)61-28-22-25-58(49-61)91-94-92(59-26-23-29-62(50-59)98-80-44-17-11-38-68(80)74-53-77-71-41-14-20-47-86(71)104(101,89(77)56-83(74)98)65-33-6-2-7-34-65)96-93(95-91)60-27-24-30-63(51-60)99-81-45-18-12-39-69(81)75-54-78-72-42-15-21-48-87(72)105(102,90(78)57-84(75)99)66-35-8-3-9-36-66/h1-57H. The third kappa shape index (κ3) is 8.49. The lowest BCUT2D eigenvalue weighted by Crippen LogP contribution is -2.20. The Morgan fingerprint density at radius 1 is 0.200 bits per heavy atom. The first kappa shape index (κ1) is 60.0. The van der Waals surface area contributed by atoms with Crippen LogP contribution in [-0.4, -0.2) is 28.7 Å². The van der Waals surface area contributed by atoms with Crippen molar-refractivity contribution < 1.29 is 13.7 Å². The SMILES string of the molecule is O=P1(c2ccccc2)c2ccccc2-c2cc3c4ccccc4n(-c4cccc(-c5nc(-c6cccc(-n7c8ccccc8c8cc9c(cc87)P(=O)(c7ccccc7)c7ccccc7-9)c6)nc(-c6cccc(-n7c8ccccc8c8cc9c(cc87)P(=O)(c7ccccc7)c7ccccc7-9)c6)n5)c4)c3cc21. The molecule has 15 aromatic carbocycles. The Labute approximate surface area is 603 Å². The Kier molecular flexibility index (Phi) is 12.8. The number of benzene rings is 15. The molecule has 0 amide bonds. The Bertz CT molecular complexity index is 6470. The van der Waals surface area contributed by atoms with E-state index in [-0.39, 0.29) is 0 Å². The summed E-state index contributed by atoms with van der Waals surface area (Å²) in [6, 6.07) is 118. The van der Waals surface area contributed by atoms with Crippen molar-refractivity contribution in [3.63, 3.8) is 0 Å². The van der Waals surface area contributed by atoms with E-state index in [0.717, 1.165) is 180 Å². The minimum absolute atomic E-state index is 0.464. The summed E-state index contributed by atoms with van der Waals surface area (Å²) in [5.41, 5.74) is 16.7. The second-order valence-corrected chi connectivity index (χ2v) is 35.7. The first-order chi connectivity index (χ1) is 51.7. The fourth-order valence-electron chi connectivity index (χ4n) is 17.5. The van der Waals surface area contributed by atoms with E-state index in [2.05, 4.69) is 214 Å². The van der Waals surface area contributed by atoms with Gasteiger partial charge in [0.25, 0.3) is 0 Å². The van der Waals surface area contributed by atoms with Crippen LogP contribution in [0.5, 0.6) is 0 Å². The third-order valence-electron chi connectivity index (χ3n) is 22.1. The number of para-hydroxylation sites is 3. The molecule has 105 heavy (non-hydrogen) atoms. The predicted octanol–water partition coefficient (Wildman–Crippen LogP) is 19.0. The van der Waals surface area contributed by atoms with Gasteiger partial charge >= 0.3 is 0 Å². The molecule has 492 valence electrons. The van der Waals surface area contributed by atoms with Crippen LogP contribution in [0.15, 0.2) is 346 Å². The van der Waals surface area contributed by atoms with Crippen LogP contribution in [0.3, 0.4) is 0 Å². The van der Waals surface area contributed by atoms with Gasteiger partial charge in [-0.15, -0.1) is 0 Å². The quantitative estimate of drug-likeness (QED) is 0.133. The van der Waals surface area contributed by atoms with Crippen molar-refractivity contribution in [3.05, 3.63) is 346 Å². The van der Waals surface area contributed by atoms with Crippen molar-refractivity contribution in [1.82, 2.24) is 28.7 Å². The summed E-state index contributed by atoms with van der Waals surface area (Å²) in [5.74, 6) is 1.39. The van der Waals surface area contributed by atoms with Crippen LogP contribution >= 0.6 is 21.4 Å². The van der Waals surface area contributed by atoms with E-state index in [4.69, 9.17) is 15.0 Å². The first-order valence-electron chi connectivity index (χ1n) is 35.3. The van der Waals surface area contributed by atoms with Crippen LogP contribution in [-0.2, 0) is 13.7 Å². The number of aromatic nitrogens is 6. The van der Waals surface area contributed by atoms with Crippen LogP contribution in [0.2, 0.25) is 0 Å². The van der Waals surface area contributed by atoms with Gasteiger partial charge in [-0.2, -0.15) is 0 Å². The molecule has 9 nitrogen and oxygen atoms in total. The van der Waals surface area contributed by atoms with E-state index < -0.39 is 21.4 Å². The number of rotatable bonds is 9. The molecule has 12 heteroatoms. The fraction of sp³-hybridized carbons (Fsp3) is 0. The van der Waals surface area contributed by atoms with E-state index in [1.807, 2.05) is 146 Å². The maximum Gasteiger partial charge on any atom is 0.172 e. The number of fused-ring (bicyclic) bond motifs is 18. The lowest BCUT2D eigenvalue weighted by Gasteiger charge is -2.17. The van der Waals surface area contributed by atoms with Crippen LogP contribution in [0.4, 0.5) is 0 Å². The first-order valence-corrected chi connectivity index (χ1v) is 40.4. The van der Waals surface area contributed by atoms with Gasteiger partial charge in [-0.05, 0) is 124 Å². The summed E-state index contributed by atoms with van der Waals surface area (Å²) < 4.78 is 55.3. The number of hydrogen-bond acceptors (Lipinski definition) is 6. The van der Waals surface area contributed by atoms with E-state index in [0.29, 0.717) is 17.5 Å². The van der Waals surface area contributed by atoms with Gasteiger partial charge in [0.15, 0.2) is 38.9 Å². The van der Waals surface area contributed by atoms with E-state index in [9.17, 15) is 0 Å². The van der Waals surface area contributed by atoms with Crippen LogP contribution in [0.1, 0.15) is 0 Å². The molecule has 0 aliphatic carbocycles. The van der Waals surface area contributed by atoms with E-state index in [1.54, 1.807) is 0 Å². The van der Waals surface area contributed by atoms with Gasteiger partial charge in [-0.1, -0.05) is 255 Å². The summed E-state index contributed by atoms with van der Waals surface area (Å²) in [4.78, 5) is 16.6. The molecule has 0 saturated carbocycles. The molecule has 0 N–H and O–H groups in total. The molecule has 3 unspecified atom stereocenters. The fourth-order valence-corrected chi connectivity index (χ4v) is 26.7. The van der Waals surface area contributed by atoms with Crippen LogP contribution < -0.4 is 47.7 Å². The molecule has 3 atom stereocenters. The number of hydrogen-bond donors (Lipinski definition) is 0. The van der Waals surface area contributed by atoms with Gasteiger partial charge in [0.05, 0.1) is 33.1 Å². The highest BCUT2D eigenvalue weighted by molar-refractivity contribution is 7.87. The van der Waals surface area contributed by atoms with Gasteiger partial charge in [-0.25, -0.2) is 15.0 Å². The minimum atomic E-state index is -3.31. The molecule has 4 aromatic heterocycles. The molecule has 0 spiro atoms. The number of nitrogens with zero attached hydrogens (tertiary/aromatic N) is 6. The highest BCUT2D eigenvalue weighted by Gasteiger charge is 2.44. The summed E-state index contributed by atoms with van der Waals surface area (Å²) >= 11 is 0. The predicted molar refractivity (Wildman–Crippen MR) is 434 cm³/mol. The van der Waals surface area contributed by atoms with E-state index in [1.165, 1.54) is 0 Å². The van der Waals surface area contributed by atoms with Crippen molar-refractivity contribution >= 4 is 135 Å². The molecular formula is C93H57N6O3P3. The molecule has 0 bridgehead atoms. The van der Waals surface area contributed by atoms with Crippen molar-refractivity contribution in [1.29, 1.82) is 0 Å². The summed E-state index contributed by atoms with van der Waals surface area (Å²) in [5, 5.41) is 13.9. The van der Waals surface area contributed by atoms with Crippen LogP contribution in [0.25, 0.3) is 150 Å². The molecule has 3 aliphatic rings. The zero-order chi connectivity index (χ0) is 69.4. The Hall–Kier alpha value is -12.6. The van der Waals surface area contributed by atoms with Gasteiger partial charge in [0, 0.05) is 114 Å². The van der Waals surface area contributed by atoms with E-state index >= 15 is 13.7 Å². The average Bonchev–Trinajstić information content (AvgIpc) is 1.55. The van der Waals surface area contributed by atoms with Crippen molar-refractivity contribution in [2.75, 3.05) is 0 Å². The Morgan fingerprint density at radius 3 is 0.771 bits per heavy atom. The monoisotopic (exact) mass is 1400 g/mol. The van der Waals surface area contributed by atoms with Crippen LogP contribution in [0, 0.1) is 0 Å². The zero-order valence-electron chi connectivity index (χ0n) is 56.2. The highest BCUT2D eigenvalue weighted by Crippen LogP contribution is 2.57. The molecule has 22 rings (SSSR count). The van der Waals surface area contributed by atoms with Gasteiger partial charge in [0.2, 0.25) is 0 Å². The second-order valence-electron chi connectivity index (χ2n) is 27.6. The molecule has 0 fully saturated rings. The maximum absolute atomic E-state index is 16.2. The van der Waals surface area contributed by atoms with Gasteiger partial charge in [-0.3, -0.25) is 0 Å². The lowest BCUT2D eigenvalue weighted by molar-refractivity contribution is 0.592. The third-order valence-corrected chi connectivity index (χ3v) is 31.5. The normalized spacial score (nSPS) is 16.8. The topological polar surface area (TPSA) is 105 Å². The lowest BCUT2D eigenvalue weighted by atomic mass is 10.0. The second kappa shape index (κ2) is 22.5. The largest absolute Gasteiger partial charge is 0.309 e. The maximum atomic E-state index is 16.2. The zero-order valence-corrected chi connectivity index (χ0v) is 58.8. The van der Waals surface area contributed by atoms with Crippen molar-refractivity contribution in [2.24, 2.45) is 0 Å². The summed E-state index contributed by atoms with van der Waals surface area (Å²) in [7, 11) is -9.92. The molecule has 3 aliphatic heterocycles. The summed E-state index contributed by atoms with van der Waals surface area (Å²) in [6.07, 6.45) is 0. The highest BCUT2D eigenvalue weighted by atomic mass is 31.2. The average molecular weight is 1400 g/mol. The van der Waals surface area contributed by atoms with Gasteiger partial charge in [0.1, 0.15) is 0 Å². The van der Waals surface area contributed by atoms with Crippen molar-refractivity contribution in [3.8, 4) is 84.6 Å².